The van der Waals surface area contributed by atoms with Gasteiger partial charge in [-0.3, -0.25) is 15.0 Å². The van der Waals surface area contributed by atoms with Crippen LogP contribution in [0, 0.1) is 17.0 Å². The molecule has 1 aliphatic heterocycles. The third-order valence-corrected chi connectivity index (χ3v) is 4.74. The Morgan fingerprint density at radius 3 is 2.50 bits per heavy atom. The summed E-state index contributed by atoms with van der Waals surface area (Å²) >= 11 is 5.90. The van der Waals surface area contributed by atoms with Crippen LogP contribution in [0.1, 0.15) is 11.1 Å². The number of piperazine rings is 1. The molecule has 2 aromatic rings. The van der Waals surface area contributed by atoms with Crippen LogP contribution in [0.2, 0.25) is 5.02 Å². The lowest BCUT2D eigenvalue weighted by Crippen LogP contribution is -2.46. The molecule has 0 spiro atoms. The van der Waals surface area contributed by atoms with Gasteiger partial charge < -0.3 is 4.90 Å². The van der Waals surface area contributed by atoms with Gasteiger partial charge in [-0.05, 0) is 30.2 Å². The standard InChI is InChI=1S/C18H20ClN3O2/c1-14-4-2-3-5-15(14)13-20-8-10-21(11-9-20)17-7-6-16(19)12-18(17)22(23)24/h2-7,12H,8-11,13H2,1H3. The van der Waals surface area contributed by atoms with Crippen molar-refractivity contribution in [3.63, 3.8) is 0 Å². The predicted octanol–water partition coefficient (Wildman–Crippen LogP) is 3.88. The van der Waals surface area contributed by atoms with E-state index in [2.05, 4.69) is 41.0 Å². The topological polar surface area (TPSA) is 49.6 Å². The second kappa shape index (κ2) is 7.20. The maximum Gasteiger partial charge on any atom is 0.294 e. The molecule has 0 unspecified atom stereocenters. The molecule has 0 bridgehead atoms. The van der Waals surface area contributed by atoms with Gasteiger partial charge in [0.1, 0.15) is 5.69 Å². The van der Waals surface area contributed by atoms with Crippen molar-refractivity contribution in [1.29, 1.82) is 0 Å². The number of nitro benzene ring substituents is 1. The molecule has 0 aliphatic carbocycles. The van der Waals surface area contributed by atoms with Crippen LogP contribution in [0.4, 0.5) is 11.4 Å². The first-order valence-corrected chi connectivity index (χ1v) is 8.38. The van der Waals surface area contributed by atoms with E-state index >= 15 is 0 Å². The van der Waals surface area contributed by atoms with Gasteiger partial charge in [0.05, 0.1) is 4.92 Å². The van der Waals surface area contributed by atoms with Crippen LogP contribution in [-0.2, 0) is 6.54 Å². The largest absolute Gasteiger partial charge is 0.363 e. The predicted molar refractivity (Wildman–Crippen MR) is 96.8 cm³/mol. The molecule has 6 heteroatoms. The molecule has 0 N–H and O–H groups in total. The second-order valence-electron chi connectivity index (χ2n) is 6.08. The van der Waals surface area contributed by atoms with Gasteiger partial charge in [0.2, 0.25) is 0 Å². The van der Waals surface area contributed by atoms with Crippen molar-refractivity contribution in [1.82, 2.24) is 4.90 Å². The van der Waals surface area contributed by atoms with E-state index in [0.29, 0.717) is 10.7 Å². The number of benzene rings is 2. The Kier molecular flexibility index (Phi) is 5.02. The molecule has 5 nitrogen and oxygen atoms in total. The molecule has 24 heavy (non-hydrogen) atoms. The Balaban J connectivity index is 1.67. The molecule has 0 amide bonds. The number of nitrogens with zero attached hydrogens (tertiary/aromatic N) is 3. The van der Waals surface area contributed by atoms with Crippen LogP contribution in [0.5, 0.6) is 0 Å². The molecule has 3 rings (SSSR count). The molecule has 126 valence electrons. The number of anilines is 1. The number of hydrogen-bond donors (Lipinski definition) is 0. The van der Waals surface area contributed by atoms with Crippen LogP contribution in [0.15, 0.2) is 42.5 Å². The number of rotatable bonds is 4. The van der Waals surface area contributed by atoms with Gasteiger partial charge in [0, 0.05) is 43.8 Å². The third kappa shape index (κ3) is 3.68. The summed E-state index contributed by atoms with van der Waals surface area (Å²) < 4.78 is 0. The monoisotopic (exact) mass is 345 g/mol. The Bertz CT molecular complexity index is 743. The molecule has 2 aromatic carbocycles. The molecule has 1 fully saturated rings. The summed E-state index contributed by atoms with van der Waals surface area (Å²) in [5, 5.41) is 11.7. The summed E-state index contributed by atoms with van der Waals surface area (Å²) in [4.78, 5) is 15.4. The van der Waals surface area contributed by atoms with E-state index in [0.717, 1.165) is 32.7 Å². The summed E-state index contributed by atoms with van der Waals surface area (Å²) in [5.74, 6) is 0. The Labute approximate surface area is 146 Å². The molecule has 0 radical (unpaired) electrons. The fourth-order valence-electron chi connectivity index (χ4n) is 3.09. The lowest BCUT2D eigenvalue weighted by Gasteiger charge is -2.36. The zero-order valence-corrected chi connectivity index (χ0v) is 14.4. The van der Waals surface area contributed by atoms with Crippen LogP contribution >= 0.6 is 11.6 Å². The first kappa shape index (κ1) is 16.7. The normalized spacial score (nSPS) is 15.5. The van der Waals surface area contributed by atoms with Crippen molar-refractivity contribution in [3.8, 4) is 0 Å². The Morgan fingerprint density at radius 1 is 1.12 bits per heavy atom. The van der Waals surface area contributed by atoms with E-state index in [-0.39, 0.29) is 10.6 Å². The van der Waals surface area contributed by atoms with Crippen LogP contribution in [-0.4, -0.2) is 36.0 Å². The minimum atomic E-state index is -0.360. The minimum Gasteiger partial charge on any atom is -0.363 e. The third-order valence-electron chi connectivity index (χ3n) is 4.50. The van der Waals surface area contributed by atoms with Gasteiger partial charge in [-0.15, -0.1) is 0 Å². The van der Waals surface area contributed by atoms with E-state index in [1.54, 1.807) is 12.1 Å². The van der Waals surface area contributed by atoms with Crippen molar-refractivity contribution in [2.45, 2.75) is 13.5 Å². The van der Waals surface area contributed by atoms with E-state index in [1.807, 2.05) is 0 Å². The average Bonchev–Trinajstić information content (AvgIpc) is 2.58. The molecular formula is C18H20ClN3O2. The molecule has 0 aromatic heterocycles. The van der Waals surface area contributed by atoms with Gasteiger partial charge in [0.15, 0.2) is 0 Å². The fraction of sp³-hybridized carbons (Fsp3) is 0.333. The van der Waals surface area contributed by atoms with Crippen molar-refractivity contribution >= 4 is 23.0 Å². The van der Waals surface area contributed by atoms with Gasteiger partial charge >= 0.3 is 0 Å². The quantitative estimate of drug-likeness (QED) is 0.623. The smallest absolute Gasteiger partial charge is 0.294 e. The maximum atomic E-state index is 11.3. The zero-order valence-electron chi connectivity index (χ0n) is 13.6. The highest BCUT2D eigenvalue weighted by Gasteiger charge is 2.24. The van der Waals surface area contributed by atoms with Crippen LogP contribution < -0.4 is 4.90 Å². The highest BCUT2D eigenvalue weighted by molar-refractivity contribution is 6.30. The summed E-state index contributed by atoms with van der Waals surface area (Å²) in [5.41, 5.74) is 3.37. The Hall–Kier alpha value is -2.11. The van der Waals surface area contributed by atoms with Gasteiger partial charge in [0.25, 0.3) is 5.69 Å². The van der Waals surface area contributed by atoms with Gasteiger partial charge in [-0.1, -0.05) is 35.9 Å². The van der Waals surface area contributed by atoms with Crippen LogP contribution in [0.3, 0.4) is 0 Å². The molecular weight excluding hydrogens is 326 g/mol. The molecule has 0 atom stereocenters. The SMILES string of the molecule is Cc1ccccc1CN1CCN(c2ccc(Cl)cc2[N+](=O)[O-])CC1. The highest BCUT2D eigenvalue weighted by atomic mass is 35.5. The second-order valence-corrected chi connectivity index (χ2v) is 6.52. The summed E-state index contributed by atoms with van der Waals surface area (Å²) in [6.45, 7) is 6.36. The average molecular weight is 346 g/mol. The Morgan fingerprint density at radius 2 is 1.83 bits per heavy atom. The number of aryl methyl sites for hydroxylation is 1. The summed E-state index contributed by atoms with van der Waals surface area (Å²) in [6.07, 6.45) is 0. The van der Waals surface area contributed by atoms with Crippen molar-refractivity contribution in [2.24, 2.45) is 0 Å². The highest BCUT2D eigenvalue weighted by Crippen LogP contribution is 2.31. The number of hydrogen-bond acceptors (Lipinski definition) is 4. The van der Waals surface area contributed by atoms with E-state index in [4.69, 9.17) is 11.6 Å². The fourth-order valence-corrected chi connectivity index (χ4v) is 3.25. The van der Waals surface area contributed by atoms with E-state index < -0.39 is 0 Å². The van der Waals surface area contributed by atoms with Crippen molar-refractivity contribution in [3.05, 3.63) is 68.7 Å². The van der Waals surface area contributed by atoms with E-state index in [9.17, 15) is 10.1 Å². The number of halogens is 1. The van der Waals surface area contributed by atoms with Gasteiger partial charge in [-0.2, -0.15) is 0 Å². The number of nitro groups is 1. The van der Waals surface area contributed by atoms with E-state index in [1.165, 1.54) is 17.2 Å². The summed E-state index contributed by atoms with van der Waals surface area (Å²) in [6, 6.07) is 13.3. The molecule has 1 saturated heterocycles. The molecule has 1 heterocycles. The lowest BCUT2D eigenvalue weighted by molar-refractivity contribution is -0.384. The van der Waals surface area contributed by atoms with Crippen molar-refractivity contribution in [2.75, 3.05) is 31.1 Å². The maximum absolute atomic E-state index is 11.3. The van der Waals surface area contributed by atoms with Gasteiger partial charge in [-0.25, -0.2) is 0 Å². The summed E-state index contributed by atoms with van der Waals surface area (Å²) in [7, 11) is 0. The minimum absolute atomic E-state index is 0.0786. The lowest BCUT2D eigenvalue weighted by atomic mass is 10.1. The first-order valence-electron chi connectivity index (χ1n) is 8.00. The molecule has 1 aliphatic rings. The molecule has 0 saturated carbocycles. The van der Waals surface area contributed by atoms with Crippen LogP contribution in [0.25, 0.3) is 0 Å². The zero-order chi connectivity index (χ0) is 17.1. The first-order chi connectivity index (χ1) is 11.5. The van der Waals surface area contributed by atoms with Crippen molar-refractivity contribution < 1.29 is 4.92 Å².